The normalized spacial score (nSPS) is 11.2. The molecular weight excluding hydrogens is 374 g/mol. The summed E-state index contributed by atoms with van der Waals surface area (Å²) in [5.41, 5.74) is 5.61. The molecule has 0 spiro atoms. The first-order valence-electron chi connectivity index (χ1n) is 7.64. The number of sulfonamides is 1. The lowest BCUT2D eigenvalue weighted by atomic mass is 10.2. The van der Waals surface area contributed by atoms with Gasteiger partial charge >= 0.3 is 0 Å². The second kappa shape index (κ2) is 8.90. The minimum atomic E-state index is -3.96. The standard InChI is InChI=1S/C17H19N3O6S/c1-24-14-7-8-15(25-2)16(9-14)27(22,23)20-19-10-12-3-5-13(6-4-12)26-11-17(18)21/h3-10,20H,11H2,1-2H3,(H2,18,21)/b19-10-. The van der Waals surface area contributed by atoms with Crippen LogP contribution in [0.15, 0.2) is 52.5 Å². The molecule has 0 unspecified atom stereocenters. The van der Waals surface area contributed by atoms with Gasteiger partial charge in [-0.15, -0.1) is 0 Å². The summed E-state index contributed by atoms with van der Waals surface area (Å²) >= 11 is 0. The molecule has 27 heavy (non-hydrogen) atoms. The highest BCUT2D eigenvalue weighted by Crippen LogP contribution is 2.27. The molecule has 0 fully saturated rings. The van der Waals surface area contributed by atoms with Gasteiger partial charge in [0.2, 0.25) is 0 Å². The number of nitrogens with two attached hydrogens (primary N) is 1. The highest BCUT2D eigenvalue weighted by atomic mass is 32.2. The molecule has 2 aromatic carbocycles. The summed E-state index contributed by atoms with van der Waals surface area (Å²) in [6.07, 6.45) is 1.32. The Morgan fingerprint density at radius 1 is 1.11 bits per heavy atom. The monoisotopic (exact) mass is 393 g/mol. The van der Waals surface area contributed by atoms with E-state index in [9.17, 15) is 13.2 Å². The maximum Gasteiger partial charge on any atom is 0.280 e. The molecule has 0 aliphatic rings. The lowest BCUT2D eigenvalue weighted by Gasteiger charge is -2.10. The fraction of sp³-hybridized carbons (Fsp3) is 0.176. The molecule has 0 aromatic heterocycles. The zero-order chi connectivity index (χ0) is 19.9. The lowest BCUT2D eigenvalue weighted by Crippen LogP contribution is -2.20. The van der Waals surface area contributed by atoms with E-state index in [1.54, 1.807) is 30.3 Å². The largest absolute Gasteiger partial charge is 0.497 e. The topological polar surface area (TPSA) is 129 Å². The maximum atomic E-state index is 12.4. The summed E-state index contributed by atoms with van der Waals surface area (Å²) in [5, 5.41) is 3.75. The van der Waals surface area contributed by atoms with Gasteiger partial charge in [0, 0.05) is 6.07 Å². The van der Waals surface area contributed by atoms with Gasteiger partial charge in [0.15, 0.2) is 6.61 Å². The molecule has 0 saturated heterocycles. The van der Waals surface area contributed by atoms with Crippen LogP contribution in [0.5, 0.6) is 17.2 Å². The highest BCUT2D eigenvalue weighted by Gasteiger charge is 2.19. The highest BCUT2D eigenvalue weighted by molar-refractivity contribution is 7.89. The molecule has 0 saturated carbocycles. The third-order valence-electron chi connectivity index (χ3n) is 3.31. The van der Waals surface area contributed by atoms with Gasteiger partial charge in [-0.25, -0.2) is 0 Å². The molecule has 144 valence electrons. The van der Waals surface area contributed by atoms with E-state index in [0.717, 1.165) is 0 Å². The van der Waals surface area contributed by atoms with E-state index in [1.807, 2.05) is 0 Å². The Bertz CT molecular complexity index is 926. The zero-order valence-electron chi connectivity index (χ0n) is 14.7. The van der Waals surface area contributed by atoms with Gasteiger partial charge in [0.1, 0.15) is 22.1 Å². The van der Waals surface area contributed by atoms with Gasteiger partial charge in [-0.05, 0) is 42.0 Å². The number of amides is 1. The fourth-order valence-corrected chi connectivity index (χ4v) is 3.00. The molecule has 1 amide bonds. The van der Waals surface area contributed by atoms with Crippen molar-refractivity contribution in [3.63, 3.8) is 0 Å². The molecule has 9 nitrogen and oxygen atoms in total. The Kier molecular flexibility index (Phi) is 6.61. The van der Waals surface area contributed by atoms with Crippen molar-refractivity contribution in [2.45, 2.75) is 4.90 Å². The minimum absolute atomic E-state index is 0.100. The van der Waals surface area contributed by atoms with Crippen LogP contribution in [0.2, 0.25) is 0 Å². The number of hydrazone groups is 1. The number of primary amides is 1. The number of methoxy groups -OCH3 is 2. The van der Waals surface area contributed by atoms with E-state index in [0.29, 0.717) is 17.1 Å². The summed E-state index contributed by atoms with van der Waals surface area (Å²) in [6, 6.07) is 10.9. The van der Waals surface area contributed by atoms with Gasteiger partial charge in [0.25, 0.3) is 15.9 Å². The predicted molar refractivity (Wildman–Crippen MR) is 98.6 cm³/mol. The Labute approximate surface area is 156 Å². The van der Waals surface area contributed by atoms with Crippen LogP contribution in [-0.2, 0) is 14.8 Å². The molecule has 0 aliphatic heterocycles. The van der Waals surface area contributed by atoms with Crippen LogP contribution in [-0.4, -0.2) is 41.4 Å². The van der Waals surface area contributed by atoms with E-state index in [1.165, 1.54) is 32.6 Å². The summed E-state index contributed by atoms with van der Waals surface area (Å²) in [4.78, 5) is 12.7. The molecule has 0 radical (unpaired) electrons. The third-order valence-corrected chi connectivity index (χ3v) is 4.55. The molecule has 0 atom stereocenters. The smallest absolute Gasteiger partial charge is 0.280 e. The average Bonchev–Trinajstić information content (AvgIpc) is 2.66. The van der Waals surface area contributed by atoms with Crippen molar-refractivity contribution < 1.29 is 27.4 Å². The zero-order valence-corrected chi connectivity index (χ0v) is 15.5. The molecule has 3 N–H and O–H groups in total. The first-order chi connectivity index (χ1) is 12.9. The van der Waals surface area contributed by atoms with Crippen molar-refractivity contribution in [2.75, 3.05) is 20.8 Å². The first-order valence-corrected chi connectivity index (χ1v) is 9.12. The maximum absolute atomic E-state index is 12.4. The minimum Gasteiger partial charge on any atom is -0.497 e. The SMILES string of the molecule is COc1ccc(OC)c(S(=O)(=O)N/N=C\c2ccc(OCC(N)=O)cc2)c1. The van der Waals surface area contributed by atoms with Crippen molar-refractivity contribution in [1.29, 1.82) is 0 Å². The van der Waals surface area contributed by atoms with E-state index < -0.39 is 15.9 Å². The van der Waals surface area contributed by atoms with Crippen LogP contribution < -0.4 is 24.8 Å². The van der Waals surface area contributed by atoms with E-state index >= 15 is 0 Å². The van der Waals surface area contributed by atoms with Crippen LogP contribution in [0.1, 0.15) is 5.56 Å². The molecule has 2 rings (SSSR count). The summed E-state index contributed by atoms with van der Waals surface area (Å²) in [5.74, 6) is 0.400. The number of carbonyl (C=O) groups is 1. The number of nitrogens with zero attached hydrogens (tertiary/aromatic N) is 1. The van der Waals surface area contributed by atoms with Crippen LogP contribution in [0.3, 0.4) is 0 Å². The fourth-order valence-electron chi connectivity index (χ4n) is 2.02. The van der Waals surface area contributed by atoms with Crippen LogP contribution in [0.4, 0.5) is 0 Å². The molecule has 2 aromatic rings. The summed E-state index contributed by atoms with van der Waals surface area (Å²) in [7, 11) is -1.16. The van der Waals surface area contributed by atoms with Gasteiger partial charge in [-0.2, -0.15) is 18.4 Å². The Morgan fingerprint density at radius 3 is 2.37 bits per heavy atom. The van der Waals surface area contributed by atoms with Crippen LogP contribution in [0, 0.1) is 0 Å². The third kappa shape index (κ3) is 5.61. The Morgan fingerprint density at radius 2 is 1.78 bits per heavy atom. The predicted octanol–water partition coefficient (Wildman–Crippen LogP) is 0.880. The van der Waals surface area contributed by atoms with Crippen molar-refractivity contribution in [2.24, 2.45) is 10.8 Å². The van der Waals surface area contributed by atoms with Crippen molar-refractivity contribution in [3.8, 4) is 17.2 Å². The lowest BCUT2D eigenvalue weighted by molar-refractivity contribution is -0.119. The Balaban J connectivity index is 2.09. The van der Waals surface area contributed by atoms with E-state index in [4.69, 9.17) is 19.9 Å². The van der Waals surface area contributed by atoms with E-state index in [2.05, 4.69) is 9.93 Å². The van der Waals surface area contributed by atoms with Crippen LogP contribution >= 0.6 is 0 Å². The molecule has 0 aliphatic carbocycles. The number of ether oxygens (including phenoxy) is 3. The first kappa shape index (κ1) is 20.0. The van der Waals surface area contributed by atoms with Crippen molar-refractivity contribution >= 4 is 22.1 Å². The molecule has 0 heterocycles. The molecular formula is C17H19N3O6S. The quantitative estimate of drug-likeness (QED) is 0.481. The summed E-state index contributed by atoms with van der Waals surface area (Å²) in [6.45, 7) is -0.227. The van der Waals surface area contributed by atoms with Gasteiger partial charge in [0.05, 0.1) is 20.4 Å². The number of hydrogen-bond acceptors (Lipinski definition) is 7. The molecule has 10 heteroatoms. The Hall–Kier alpha value is -3.27. The average molecular weight is 393 g/mol. The number of rotatable bonds is 9. The van der Waals surface area contributed by atoms with Gasteiger partial charge < -0.3 is 19.9 Å². The summed E-state index contributed by atoms with van der Waals surface area (Å²) < 4.78 is 40.1. The molecule has 0 bridgehead atoms. The number of carbonyl (C=O) groups excluding carboxylic acids is 1. The second-order valence-corrected chi connectivity index (χ2v) is 6.82. The van der Waals surface area contributed by atoms with Gasteiger partial charge in [-0.1, -0.05) is 0 Å². The van der Waals surface area contributed by atoms with Crippen LogP contribution in [0.25, 0.3) is 0 Å². The number of hydrogen-bond donors (Lipinski definition) is 2. The van der Waals surface area contributed by atoms with Gasteiger partial charge in [-0.3, -0.25) is 4.79 Å². The second-order valence-electron chi connectivity index (χ2n) is 5.19. The number of nitrogens with one attached hydrogen (secondary N) is 1. The van der Waals surface area contributed by atoms with E-state index in [-0.39, 0.29) is 17.3 Å². The van der Waals surface area contributed by atoms with Crippen molar-refractivity contribution in [3.05, 3.63) is 48.0 Å². The number of benzene rings is 2. The van der Waals surface area contributed by atoms with Crippen molar-refractivity contribution in [1.82, 2.24) is 4.83 Å².